The SMILES string of the molecule is CNC(=O)C(NC(=O)c1cc(CC(C)C)[nH]c(=O)n1)c1ccccc1. The van der Waals surface area contributed by atoms with Crippen LogP contribution in [0, 0.1) is 5.92 Å². The lowest BCUT2D eigenvalue weighted by Gasteiger charge is -2.17. The molecule has 1 aromatic heterocycles. The molecule has 2 amide bonds. The number of carbonyl (C=O) groups excluding carboxylic acids is 2. The number of rotatable bonds is 6. The van der Waals surface area contributed by atoms with Gasteiger partial charge < -0.3 is 15.6 Å². The van der Waals surface area contributed by atoms with Crippen molar-refractivity contribution in [2.24, 2.45) is 5.92 Å². The van der Waals surface area contributed by atoms with Crippen molar-refractivity contribution >= 4 is 11.8 Å². The van der Waals surface area contributed by atoms with Crippen LogP contribution in [0.4, 0.5) is 0 Å². The summed E-state index contributed by atoms with van der Waals surface area (Å²) in [6.45, 7) is 4.02. The van der Waals surface area contributed by atoms with Crippen LogP contribution in [0.25, 0.3) is 0 Å². The van der Waals surface area contributed by atoms with E-state index in [-0.39, 0.29) is 11.6 Å². The third-order valence-corrected chi connectivity index (χ3v) is 3.58. The van der Waals surface area contributed by atoms with Gasteiger partial charge in [0.2, 0.25) is 5.91 Å². The second kappa shape index (κ2) is 8.23. The Bertz CT molecular complexity index is 799. The Morgan fingerprint density at radius 2 is 1.88 bits per heavy atom. The van der Waals surface area contributed by atoms with E-state index in [9.17, 15) is 14.4 Å². The quantitative estimate of drug-likeness (QED) is 0.733. The number of benzene rings is 1. The maximum absolute atomic E-state index is 12.5. The fourth-order valence-corrected chi connectivity index (χ4v) is 2.47. The maximum atomic E-state index is 12.5. The van der Waals surface area contributed by atoms with Gasteiger partial charge in [-0.15, -0.1) is 0 Å². The van der Waals surface area contributed by atoms with Gasteiger partial charge in [-0.3, -0.25) is 9.59 Å². The summed E-state index contributed by atoms with van der Waals surface area (Å²) in [7, 11) is 1.50. The molecular weight excluding hydrogens is 320 g/mol. The zero-order valence-corrected chi connectivity index (χ0v) is 14.5. The Morgan fingerprint density at radius 1 is 1.20 bits per heavy atom. The molecule has 1 aromatic carbocycles. The van der Waals surface area contributed by atoms with Crippen LogP contribution in [0.2, 0.25) is 0 Å². The van der Waals surface area contributed by atoms with Gasteiger partial charge in [-0.2, -0.15) is 4.98 Å². The molecule has 0 aliphatic rings. The molecule has 0 saturated carbocycles. The van der Waals surface area contributed by atoms with Crippen LogP contribution in [0.5, 0.6) is 0 Å². The monoisotopic (exact) mass is 342 g/mol. The van der Waals surface area contributed by atoms with Crippen LogP contribution in [-0.2, 0) is 11.2 Å². The summed E-state index contributed by atoms with van der Waals surface area (Å²) in [5, 5.41) is 5.17. The van der Waals surface area contributed by atoms with E-state index in [1.165, 1.54) is 7.05 Å². The molecule has 2 aromatic rings. The second-order valence-corrected chi connectivity index (χ2v) is 6.13. The predicted molar refractivity (Wildman–Crippen MR) is 94.1 cm³/mol. The van der Waals surface area contributed by atoms with Crippen LogP contribution >= 0.6 is 0 Å². The summed E-state index contributed by atoms with van der Waals surface area (Å²) >= 11 is 0. The van der Waals surface area contributed by atoms with E-state index in [1.54, 1.807) is 30.3 Å². The first-order valence-corrected chi connectivity index (χ1v) is 8.08. The average Bonchev–Trinajstić information content (AvgIpc) is 2.58. The molecule has 25 heavy (non-hydrogen) atoms. The van der Waals surface area contributed by atoms with Crippen molar-refractivity contribution < 1.29 is 9.59 Å². The van der Waals surface area contributed by atoms with Crippen LogP contribution < -0.4 is 16.3 Å². The number of aromatic amines is 1. The molecule has 0 saturated heterocycles. The summed E-state index contributed by atoms with van der Waals surface area (Å²) in [6, 6.07) is 9.55. The van der Waals surface area contributed by atoms with Gasteiger partial charge in [0, 0.05) is 12.7 Å². The Hall–Kier alpha value is -2.96. The number of nitrogens with one attached hydrogen (secondary N) is 3. The standard InChI is InChI=1S/C18H22N4O3/c1-11(2)9-13-10-14(21-18(25)20-13)16(23)22-15(17(24)19-3)12-7-5-4-6-8-12/h4-8,10-11,15H,9H2,1-3H3,(H,19,24)(H,22,23)(H,20,21,25). The highest BCUT2D eigenvalue weighted by molar-refractivity contribution is 5.96. The molecule has 0 spiro atoms. The largest absolute Gasteiger partial charge is 0.357 e. The van der Waals surface area contributed by atoms with Crippen LogP contribution in [0.1, 0.15) is 41.6 Å². The average molecular weight is 342 g/mol. The van der Waals surface area contributed by atoms with Crippen molar-refractivity contribution in [1.29, 1.82) is 0 Å². The van der Waals surface area contributed by atoms with Crippen molar-refractivity contribution in [3.63, 3.8) is 0 Å². The molecule has 0 bridgehead atoms. The number of hydrogen-bond acceptors (Lipinski definition) is 4. The molecular formula is C18H22N4O3. The molecule has 0 aliphatic carbocycles. The van der Waals surface area contributed by atoms with Gasteiger partial charge >= 0.3 is 5.69 Å². The van der Waals surface area contributed by atoms with Crippen molar-refractivity contribution in [2.75, 3.05) is 7.05 Å². The molecule has 2 rings (SSSR count). The van der Waals surface area contributed by atoms with Crippen molar-refractivity contribution in [1.82, 2.24) is 20.6 Å². The van der Waals surface area contributed by atoms with Gasteiger partial charge in [0.15, 0.2) is 0 Å². The lowest BCUT2D eigenvalue weighted by molar-refractivity contribution is -0.122. The van der Waals surface area contributed by atoms with E-state index in [0.29, 0.717) is 23.6 Å². The van der Waals surface area contributed by atoms with Crippen molar-refractivity contribution in [3.8, 4) is 0 Å². The van der Waals surface area contributed by atoms with Gasteiger partial charge in [-0.05, 0) is 24.0 Å². The maximum Gasteiger partial charge on any atom is 0.345 e. The minimum absolute atomic E-state index is 0.00997. The lowest BCUT2D eigenvalue weighted by atomic mass is 10.1. The number of likely N-dealkylation sites (N-methyl/N-ethyl adjacent to an activating group) is 1. The normalized spacial score (nSPS) is 11.8. The van der Waals surface area contributed by atoms with Crippen molar-refractivity contribution in [2.45, 2.75) is 26.3 Å². The summed E-state index contributed by atoms with van der Waals surface area (Å²) in [5.41, 5.74) is 0.683. The molecule has 7 nitrogen and oxygen atoms in total. The lowest BCUT2D eigenvalue weighted by Crippen LogP contribution is -2.40. The van der Waals surface area contributed by atoms with Crippen LogP contribution in [-0.4, -0.2) is 28.8 Å². The topological polar surface area (TPSA) is 104 Å². The zero-order chi connectivity index (χ0) is 18.4. The third-order valence-electron chi connectivity index (χ3n) is 3.58. The van der Waals surface area contributed by atoms with Crippen LogP contribution in [0.15, 0.2) is 41.2 Å². The molecule has 1 atom stereocenters. The summed E-state index contributed by atoms with van der Waals surface area (Å²) < 4.78 is 0. The highest BCUT2D eigenvalue weighted by Gasteiger charge is 2.23. The third kappa shape index (κ3) is 5.00. The number of carbonyl (C=O) groups is 2. The minimum atomic E-state index is -0.867. The number of hydrogen-bond donors (Lipinski definition) is 3. The fourth-order valence-electron chi connectivity index (χ4n) is 2.47. The highest BCUT2D eigenvalue weighted by atomic mass is 16.2. The number of H-pyrrole nitrogens is 1. The molecule has 0 fully saturated rings. The first kappa shape index (κ1) is 18.4. The van der Waals surface area contributed by atoms with Gasteiger partial charge in [0.1, 0.15) is 11.7 Å². The highest BCUT2D eigenvalue weighted by Crippen LogP contribution is 2.13. The second-order valence-electron chi connectivity index (χ2n) is 6.13. The molecule has 0 aliphatic heterocycles. The molecule has 1 unspecified atom stereocenters. The minimum Gasteiger partial charge on any atom is -0.357 e. The van der Waals surface area contributed by atoms with Gasteiger partial charge in [-0.1, -0.05) is 44.2 Å². The first-order valence-electron chi connectivity index (χ1n) is 8.08. The van der Waals surface area contributed by atoms with E-state index >= 15 is 0 Å². The van der Waals surface area contributed by atoms with E-state index in [4.69, 9.17) is 0 Å². The number of nitrogens with zero attached hydrogens (tertiary/aromatic N) is 1. The van der Waals surface area contributed by atoms with Crippen molar-refractivity contribution in [3.05, 3.63) is 63.8 Å². The number of aromatic nitrogens is 2. The molecule has 0 radical (unpaired) electrons. The molecule has 3 N–H and O–H groups in total. The Morgan fingerprint density at radius 3 is 2.48 bits per heavy atom. The zero-order valence-electron chi connectivity index (χ0n) is 14.5. The molecule has 132 valence electrons. The fraction of sp³-hybridized carbons (Fsp3) is 0.333. The molecule has 7 heteroatoms. The Labute approximate surface area is 145 Å². The number of amides is 2. The van der Waals surface area contributed by atoms with Gasteiger partial charge in [0.25, 0.3) is 5.91 Å². The van der Waals surface area contributed by atoms with Gasteiger partial charge in [-0.25, -0.2) is 4.79 Å². The molecule has 1 heterocycles. The first-order chi connectivity index (χ1) is 11.9. The Balaban J connectivity index is 2.28. The summed E-state index contributed by atoms with van der Waals surface area (Å²) in [6.07, 6.45) is 0.621. The van der Waals surface area contributed by atoms with Gasteiger partial charge in [0.05, 0.1) is 0 Å². The van der Waals surface area contributed by atoms with E-state index in [2.05, 4.69) is 20.6 Å². The van der Waals surface area contributed by atoms with E-state index in [0.717, 1.165) is 0 Å². The smallest absolute Gasteiger partial charge is 0.345 e. The van der Waals surface area contributed by atoms with Crippen LogP contribution in [0.3, 0.4) is 0 Å². The Kier molecular flexibility index (Phi) is 6.05. The van der Waals surface area contributed by atoms with E-state index < -0.39 is 17.6 Å². The van der Waals surface area contributed by atoms with E-state index in [1.807, 2.05) is 19.9 Å². The predicted octanol–water partition coefficient (Wildman–Crippen LogP) is 1.19. The summed E-state index contributed by atoms with van der Waals surface area (Å²) in [4.78, 5) is 42.7. The summed E-state index contributed by atoms with van der Waals surface area (Å²) in [5.74, 6) is -0.614.